The van der Waals surface area contributed by atoms with E-state index >= 15 is 0 Å². The lowest BCUT2D eigenvalue weighted by Crippen LogP contribution is -2.57. The number of ether oxygens (including phenoxy) is 1. The van der Waals surface area contributed by atoms with E-state index in [2.05, 4.69) is 25.0 Å². The van der Waals surface area contributed by atoms with Crippen LogP contribution in [-0.2, 0) is 30.8 Å². The molecule has 0 N–H and O–H groups in total. The summed E-state index contributed by atoms with van der Waals surface area (Å²) in [7, 11) is -7.58. The molecule has 0 radical (unpaired) electrons. The van der Waals surface area contributed by atoms with Gasteiger partial charge in [-0.15, -0.1) is 22.9 Å². The van der Waals surface area contributed by atoms with Crippen LogP contribution < -0.4 is 9.38 Å². The van der Waals surface area contributed by atoms with Gasteiger partial charge in [0.1, 0.15) is 24.7 Å². The second-order valence-electron chi connectivity index (χ2n) is 11.5. The molecule has 5 aromatic rings. The number of rotatable bonds is 10. The molecule has 1 saturated heterocycles. The molecular weight excluding hydrogens is 690 g/mol. The van der Waals surface area contributed by atoms with E-state index in [-0.39, 0.29) is 54.9 Å². The molecule has 3 heterocycles. The van der Waals surface area contributed by atoms with Gasteiger partial charge in [0, 0.05) is 36.8 Å². The smallest absolute Gasteiger partial charge is 0.406 e. The van der Waals surface area contributed by atoms with E-state index in [0.29, 0.717) is 17.1 Å². The number of alkyl halides is 3. The molecule has 3 aromatic carbocycles. The summed E-state index contributed by atoms with van der Waals surface area (Å²) in [6.07, 6.45) is -3.23. The topological polar surface area (TPSA) is 156 Å². The molecule has 1 fully saturated rings. The van der Waals surface area contributed by atoms with Crippen LogP contribution >= 0.6 is 0 Å². The van der Waals surface area contributed by atoms with Crippen LogP contribution in [0.5, 0.6) is 5.75 Å². The van der Waals surface area contributed by atoms with Crippen LogP contribution in [0.3, 0.4) is 0 Å². The van der Waals surface area contributed by atoms with Crippen LogP contribution in [0.4, 0.5) is 18.9 Å². The maximum atomic E-state index is 13.4. The van der Waals surface area contributed by atoms with Gasteiger partial charge in [-0.25, -0.2) is 18.1 Å². The Morgan fingerprint density at radius 3 is 2.27 bits per heavy atom. The second-order valence-corrected chi connectivity index (χ2v) is 15.4. The van der Waals surface area contributed by atoms with Gasteiger partial charge >= 0.3 is 16.5 Å². The monoisotopic (exact) mass is 719 g/mol. The van der Waals surface area contributed by atoms with Gasteiger partial charge in [0.15, 0.2) is 15.5 Å². The molecule has 1 aliphatic rings. The Bertz CT molecular complexity index is 2160. The van der Waals surface area contributed by atoms with Crippen molar-refractivity contribution >= 4 is 25.6 Å². The predicted octanol–water partition coefficient (Wildman–Crippen LogP) is 5.09. The van der Waals surface area contributed by atoms with Crippen molar-refractivity contribution < 1.29 is 43.6 Å². The van der Waals surface area contributed by atoms with E-state index in [1.165, 1.54) is 30.5 Å². The molecule has 0 bridgehead atoms. The highest BCUT2D eigenvalue weighted by atomic mass is 32.2. The Kier molecular flexibility index (Phi) is 9.08. The third kappa shape index (κ3) is 7.82. The highest BCUT2D eigenvalue weighted by Crippen LogP contribution is 2.35. The zero-order valence-electron chi connectivity index (χ0n) is 26.1. The molecule has 0 atom stereocenters. The number of benzene rings is 3. The molecule has 13 nitrogen and oxygen atoms in total. The fourth-order valence-electron chi connectivity index (χ4n) is 5.56. The van der Waals surface area contributed by atoms with Gasteiger partial charge in [0.05, 0.1) is 16.7 Å². The summed E-state index contributed by atoms with van der Waals surface area (Å²) in [5, 5.41) is 7.77. The van der Waals surface area contributed by atoms with Crippen molar-refractivity contribution in [3.05, 3.63) is 90.3 Å². The van der Waals surface area contributed by atoms with Gasteiger partial charge < -0.3 is 9.26 Å². The SMILES string of the molecule is Cc1nc(-c2nc(-c3ccc(OC(F)(F)F)cc3)no2)nn1Cc1cccc([N+]2(OS(=O)(=O)c3ccccc3)CCC(S(C)(=O)=O)CC2)c1. The molecule has 0 amide bonds. The van der Waals surface area contributed by atoms with Crippen LogP contribution in [0, 0.1) is 6.92 Å². The summed E-state index contributed by atoms with van der Waals surface area (Å²) >= 11 is 0. The minimum absolute atomic E-state index is 0.0148. The van der Waals surface area contributed by atoms with Crippen molar-refractivity contribution in [2.24, 2.45) is 0 Å². The lowest BCUT2D eigenvalue weighted by molar-refractivity contribution is -0.274. The van der Waals surface area contributed by atoms with Gasteiger partial charge in [-0.2, -0.15) is 13.4 Å². The molecule has 0 saturated carbocycles. The lowest BCUT2D eigenvalue weighted by Gasteiger charge is -2.38. The third-order valence-electron chi connectivity index (χ3n) is 8.04. The van der Waals surface area contributed by atoms with Crippen molar-refractivity contribution in [2.45, 2.75) is 42.8 Å². The van der Waals surface area contributed by atoms with E-state index in [9.17, 15) is 30.0 Å². The minimum atomic E-state index is -4.82. The fourth-order valence-corrected chi connectivity index (χ4v) is 7.82. The number of aryl methyl sites for hydroxylation is 1. The number of piperidine rings is 1. The summed E-state index contributed by atoms with van der Waals surface area (Å²) in [6.45, 7) is 2.15. The van der Waals surface area contributed by atoms with Crippen LogP contribution in [0.2, 0.25) is 0 Å². The normalized spacial score (nSPS) is 18.8. The van der Waals surface area contributed by atoms with Gasteiger partial charge in [0.2, 0.25) is 11.6 Å². The van der Waals surface area contributed by atoms with Gasteiger partial charge in [0.25, 0.3) is 5.89 Å². The highest BCUT2D eigenvalue weighted by Gasteiger charge is 2.45. The Balaban J connectivity index is 1.24. The Hall–Kier alpha value is -4.65. The van der Waals surface area contributed by atoms with Gasteiger partial charge in [-0.1, -0.05) is 39.8 Å². The van der Waals surface area contributed by atoms with E-state index < -0.39 is 42.0 Å². The standard InChI is InChI=1S/C31H30F3N6O7S2/c1-21-35-29(30-36-28(38-46-30)23-11-13-25(14-12-23)45-31(32,33)34)37-39(21)20-22-7-6-8-24(19-22)40(17-15-26(16-18-40)48(2,41)42)47-49(43,44)27-9-4-3-5-10-27/h3-14,19,26H,15-18,20H2,1-2H3/q+1. The van der Waals surface area contributed by atoms with Crippen molar-refractivity contribution in [3.63, 3.8) is 0 Å². The molecular formula is C31H30F3N6O7S2+. The zero-order chi connectivity index (χ0) is 35.0. The highest BCUT2D eigenvalue weighted by molar-refractivity contribution is 7.91. The van der Waals surface area contributed by atoms with Crippen LogP contribution in [0.25, 0.3) is 23.1 Å². The number of halogens is 3. The molecule has 0 unspecified atom stereocenters. The molecule has 0 spiro atoms. The predicted molar refractivity (Wildman–Crippen MR) is 170 cm³/mol. The van der Waals surface area contributed by atoms with Crippen molar-refractivity contribution in [3.8, 4) is 28.9 Å². The Morgan fingerprint density at radius 2 is 1.61 bits per heavy atom. The van der Waals surface area contributed by atoms with Crippen LogP contribution in [-0.4, -0.2) is 72.7 Å². The average molecular weight is 720 g/mol. The minimum Gasteiger partial charge on any atom is -0.406 e. The third-order valence-corrected chi connectivity index (χ3v) is 11.0. The number of quaternary nitrogens is 1. The summed E-state index contributed by atoms with van der Waals surface area (Å²) in [5.41, 5.74) is 1.63. The number of hydrogen-bond acceptors (Lipinski definition) is 11. The number of sulfone groups is 1. The van der Waals surface area contributed by atoms with Crippen molar-refractivity contribution in [1.29, 1.82) is 0 Å². The number of aromatic nitrogens is 5. The van der Waals surface area contributed by atoms with E-state index in [4.69, 9.17) is 8.81 Å². The second kappa shape index (κ2) is 13.0. The zero-order valence-corrected chi connectivity index (χ0v) is 27.7. The molecule has 49 heavy (non-hydrogen) atoms. The lowest BCUT2D eigenvalue weighted by atomic mass is 10.1. The van der Waals surface area contributed by atoms with Crippen LogP contribution in [0.15, 0.2) is 88.3 Å². The maximum Gasteiger partial charge on any atom is 0.573 e. The van der Waals surface area contributed by atoms with E-state index in [0.717, 1.165) is 17.7 Å². The Morgan fingerprint density at radius 1 is 0.918 bits per heavy atom. The summed E-state index contributed by atoms with van der Waals surface area (Å²) in [5.74, 6) is 0.312. The molecule has 0 aliphatic carbocycles. The maximum absolute atomic E-state index is 13.4. The summed E-state index contributed by atoms with van der Waals surface area (Å²) in [6, 6.07) is 19.8. The average Bonchev–Trinajstić information content (AvgIpc) is 3.68. The largest absolute Gasteiger partial charge is 0.573 e. The summed E-state index contributed by atoms with van der Waals surface area (Å²) < 4.78 is 105. The van der Waals surface area contributed by atoms with E-state index in [1.807, 2.05) is 6.07 Å². The molecule has 258 valence electrons. The number of hydrogen-bond donors (Lipinski definition) is 0. The summed E-state index contributed by atoms with van der Waals surface area (Å²) in [4.78, 5) is 8.69. The molecule has 1 aliphatic heterocycles. The fraction of sp³-hybridized carbons (Fsp3) is 0.290. The molecule has 2 aromatic heterocycles. The first kappa shape index (κ1) is 34.2. The molecule has 18 heteroatoms. The van der Waals surface area contributed by atoms with Crippen molar-refractivity contribution in [2.75, 3.05) is 19.3 Å². The first-order chi connectivity index (χ1) is 23.1. The first-order valence-electron chi connectivity index (χ1n) is 14.9. The first-order valence-corrected chi connectivity index (χ1v) is 18.2. The quantitative estimate of drug-likeness (QED) is 0.177. The van der Waals surface area contributed by atoms with Gasteiger partial charge in [-0.05, 0) is 48.9 Å². The van der Waals surface area contributed by atoms with Crippen LogP contribution in [0.1, 0.15) is 24.2 Å². The van der Waals surface area contributed by atoms with Crippen molar-refractivity contribution in [1.82, 2.24) is 29.6 Å². The van der Waals surface area contributed by atoms with Gasteiger partial charge in [-0.3, -0.25) is 0 Å². The Labute approximate surface area is 279 Å². The number of nitrogens with zero attached hydrogens (tertiary/aromatic N) is 6. The van der Waals surface area contributed by atoms with E-state index in [1.54, 1.807) is 48.0 Å². The molecule has 6 rings (SSSR count). The number of hydroxylamine groups is 2.